The zero-order chi connectivity index (χ0) is 15.0. The fourth-order valence-electron chi connectivity index (χ4n) is 1.80. The van der Waals surface area contributed by atoms with Crippen LogP contribution in [0.2, 0.25) is 0 Å². The fourth-order valence-corrected chi connectivity index (χ4v) is 1.80. The van der Waals surface area contributed by atoms with Gasteiger partial charge < -0.3 is 20.5 Å². The molecule has 6 heteroatoms. The zero-order valence-corrected chi connectivity index (χ0v) is 11.4. The van der Waals surface area contributed by atoms with Gasteiger partial charge in [-0.1, -0.05) is 12.1 Å². The lowest BCUT2D eigenvalue weighted by molar-refractivity contribution is -0.0512. The summed E-state index contributed by atoms with van der Waals surface area (Å²) >= 11 is 0. The first-order valence-corrected chi connectivity index (χ1v) is 6.29. The predicted molar refractivity (Wildman–Crippen MR) is 74.2 cm³/mol. The molecule has 4 nitrogen and oxygen atoms in total. The highest BCUT2D eigenvalue weighted by molar-refractivity contribution is 5.44. The van der Waals surface area contributed by atoms with E-state index in [9.17, 15) is 8.78 Å². The SMILES string of the molecule is C=CCCNC(CN)c1ccc(OC)c(OC(F)F)c1. The summed E-state index contributed by atoms with van der Waals surface area (Å²) in [4.78, 5) is 0. The summed E-state index contributed by atoms with van der Waals surface area (Å²) < 4.78 is 34.2. The fraction of sp³-hybridized carbons (Fsp3) is 0.429. The number of benzene rings is 1. The Morgan fingerprint density at radius 1 is 1.40 bits per heavy atom. The summed E-state index contributed by atoms with van der Waals surface area (Å²) in [5.74, 6) is 0.264. The van der Waals surface area contributed by atoms with Crippen LogP contribution in [-0.2, 0) is 0 Å². The van der Waals surface area contributed by atoms with Crippen LogP contribution in [0.4, 0.5) is 8.78 Å². The van der Waals surface area contributed by atoms with Crippen LogP contribution in [0.1, 0.15) is 18.0 Å². The van der Waals surface area contributed by atoms with E-state index in [0.29, 0.717) is 13.1 Å². The van der Waals surface area contributed by atoms with Crippen molar-refractivity contribution in [1.29, 1.82) is 0 Å². The van der Waals surface area contributed by atoms with Crippen molar-refractivity contribution in [2.24, 2.45) is 5.73 Å². The third-order valence-electron chi connectivity index (χ3n) is 2.78. The minimum Gasteiger partial charge on any atom is -0.493 e. The van der Waals surface area contributed by atoms with Gasteiger partial charge in [-0.05, 0) is 30.7 Å². The molecule has 0 aromatic heterocycles. The first-order valence-electron chi connectivity index (χ1n) is 6.29. The molecule has 0 fully saturated rings. The Morgan fingerprint density at radius 3 is 2.70 bits per heavy atom. The van der Waals surface area contributed by atoms with Crippen LogP contribution in [0.5, 0.6) is 11.5 Å². The van der Waals surface area contributed by atoms with Gasteiger partial charge in [-0.2, -0.15) is 8.78 Å². The second-order valence-corrected chi connectivity index (χ2v) is 4.11. The maximum atomic E-state index is 12.4. The average Bonchev–Trinajstić information content (AvgIpc) is 2.43. The second-order valence-electron chi connectivity index (χ2n) is 4.11. The Hall–Kier alpha value is -1.66. The Kier molecular flexibility index (Phi) is 6.97. The third-order valence-corrected chi connectivity index (χ3v) is 2.78. The highest BCUT2D eigenvalue weighted by Crippen LogP contribution is 2.31. The standard InChI is InChI=1S/C14H20F2N2O2/c1-3-4-7-18-11(9-17)10-5-6-12(19-2)13(8-10)20-14(15)16/h3,5-6,8,11,14,18H,1,4,7,9,17H2,2H3. The number of rotatable bonds is 9. The van der Waals surface area contributed by atoms with Gasteiger partial charge in [0.05, 0.1) is 7.11 Å². The van der Waals surface area contributed by atoms with E-state index in [1.165, 1.54) is 13.2 Å². The molecule has 1 rings (SSSR count). The summed E-state index contributed by atoms with van der Waals surface area (Å²) in [6.45, 7) is 1.79. The number of methoxy groups -OCH3 is 1. The van der Waals surface area contributed by atoms with Gasteiger partial charge in [0.2, 0.25) is 0 Å². The Morgan fingerprint density at radius 2 is 2.15 bits per heavy atom. The van der Waals surface area contributed by atoms with Crippen LogP contribution in [0.15, 0.2) is 30.9 Å². The topological polar surface area (TPSA) is 56.5 Å². The van der Waals surface area contributed by atoms with Crippen molar-refractivity contribution in [1.82, 2.24) is 5.32 Å². The molecule has 0 aliphatic carbocycles. The molecular formula is C14H20F2N2O2. The summed E-state index contributed by atoms with van der Waals surface area (Å²) in [5.41, 5.74) is 6.47. The van der Waals surface area contributed by atoms with Gasteiger partial charge in [0.1, 0.15) is 0 Å². The first kappa shape index (κ1) is 16.4. The van der Waals surface area contributed by atoms with Gasteiger partial charge in [0, 0.05) is 12.6 Å². The number of hydrogen-bond acceptors (Lipinski definition) is 4. The summed E-state index contributed by atoms with van der Waals surface area (Å²) in [7, 11) is 1.40. The Balaban J connectivity index is 2.89. The van der Waals surface area contributed by atoms with E-state index in [2.05, 4.69) is 16.6 Å². The molecule has 1 aromatic carbocycles. The smallest absolute Gasteiger partial charge is 0.387 e. The normalized spacial score (nSPS) is 12.2. The van der Waals surface area contributed by atoms with Gasteiger partial charge in [-0.25, -0.2) is 0 Å². The minimum absolute atomic E-state index is 0.00368. The Labute approximate surface area is 117 Å². The predicted octanol–water partition coefficient (Wildman–Crippen LogP) is 2.46. The molecule has 0 radical (unpaired) electrons. The van der Waals surface area contributed by atoms with Crippen LogP contribution in [-0.4, -0.2) is 26.8 Å². The maximum absolute atomic E-state index is 12.4. The average molecular weight is 286 g/mol. The number of nitrogens with one attached hydrogen (secondary N) is 1. The quantitative estimate of drug-likeness (QED) is 0.541. The van der Waals surface area contributed by atoms with Gasteiger partial charge in [0.25, 0.3) is 0 Å². The Bertz CT molecular complexity index is 428. The van der Waals surface area contributed by atoms with E-state index in [0.717, 1.165) is 12.0 Å². The minimum atomic E-state index is -2.90. The molecule has 1 atom stereocenters. The molecule has 0 amide bonds. The molecule has 20 heavy (non-hydrogen) atoms. The maximum Gasteiger partial charge on any atom is 0.387 e. The summed E-state index contributed by atoms with van der Waals surface area (Å²) in [5, 5.41) is 3.22. The van der Waals surface area contributed by atoms with Crippen LogP contribution < -0.4 is 20.5 Å². The molecule has 1 unspecified atom stereocenters. The van der Waals surface area contributed by atoms with Crippen LogP contribution in [0.25, 0.3) is 0 Å². The number of halogens is 2. The van der Waals surface area contributed by atoms with E-state index in [1.54, 1.807) is 18.2 Å². The highest BCUT2D eigenvalue weighted by atomic mass is 19.3. The lowest BCUT2D eigenvalue weighted by atomic mass is 10.1. The second kappa shape index (κ2) is 8.50. The molecule has 0 aliphatic rings. The van der Waals surface area contributed by atoms with E-state index in [4.69, 9.17) is 10.5 Å². The van der Waals surface area contributed by atoms with Gasteiger partial charge >= 0.3 is 6.61 Å². The molecule has 3 N–H and O–H groups in total. The monoisotopic (exact) mass is 286 g/mol. The summed E-state index contributed by atoms with van der Waals surface area (Å²) in [6.07, 6.45) is 2.59. The van der Waals surface area contributed by atoms with Crippen molar-refractivity contribution in [2.75, 3.05) is 20.2 Å². The lowest BCUT2D eigenvalue weighted by Crippen LogP contribution is -2.28. The van der Waals surface area contributed by atoms with E-state index in [-0.39, 0.29) is 17.5 Å². The molecule has 112 valence electrons. The van der Waals surface area contributed by atoms with Crippen LogP contribution in [0, 0.1) is 0 Å². The molecule has 1 aromatic rings. The van der Waals surface area contributed by atoms with Crippen molar-refractivity contribution in [2.45, 2.75) is 19.1 Å². The number of hydrogen-bond donors (Lipinski definition) is 2. The van der Waals surface area contributed by atoms with Crippen molar-refractivity contribution in [3.63, 3.8) is 0 Å². The largest absolute Gasteiger partial charge is 0.493 e. The lowest BCUT2D eigenvalue weighted by Gasteiger charge is -2.19. The van der Waals surface area contributed by atoms with Gasteiger partial charge in [-0.3, -0.25) is 0 Å². The molecular weight excluding hydrogens is 266 g/mol. The van der Waals surface area contributed by atoms with E-state index < -0.39 is 6.61 Å². The van der Waals surface area contributed by atoms with Crippen molar-refractivity contribution >= 4 is 0 Å². The molecule has 0 saturated carbocycles. The van der Waals surface area contributed by atoms with Gasteiger partial charge in [0.15, 0.2) is 11.5 Å². The third kappa shape index (κ3) is 4.79. The van der Waals surface area contributed by atoms with Crippen molar-refractivity contribution < 1.29 is 18.3 Å². The molecule has 0 bridgehead atoms. The summed E-state index contributed by atoms with van der Waals surface area (Å²) in [6, 6.07) is 4.74. The molecule has 0 aliphatic heterocycles. The molecule has 0 spiro atoms. The van der Waals surface area contributed by atoms with Crippen LogP contribution in [0.3, 0.4) is 0 Å². The first-order chi connectivity index (χ1) is 9.62. The number of alkyl halides is 2. The van der Waals surface area contributed by atoms with E-state index >= 15 is 0 Å². The molecule has 0 heterocycles. The van der Waals surface area contributed by atoms with Gasteiger partial charge in [-0.15, -0.1) is 6.58 Å². The van der Waals surface area contributed by atoms with Crippen molar-refractivity contribution in [3.05, 3.63) is 36.4 Å². The van der Waals surface area contributed by atoms with Crippen LogP contribution >= 0.6 is 0 Å². The highest BCUT2D eigenvalue weighted by Gasteiger charge is 2.15. The molecule has 0 saturated heterocycles. The number of ether oxygens (including phenoxy) is 2. The number of nitrogens with two attached hydrogens (primary N) is 1. The van der Waals surface area contributed by atoms with Crippen molar-refractivity contribution in [3.8, 4) is 11.5 Å². The van der Waals surface area contributed by atoms with E-state index in [1.807, 2.05) is 0 Å². The zero-order valence-electron chi connectivity index (χ0n) is 11.4.